The number of hydrogen-bond donors (Lipinski definition) is 0. The highest BCUT2D eigenvalue weighted by Gasteiger charge is 2.62. The van der Waals surface area contributed by atoms with E-state index in [1.54, 1.807) is 17.9 Å². The summed E-state index contributed by atoms with van der Waals surface area (Å²) in [6.07, 6.45) is 2.49. The molecule has 0 bridgehead atoms. The van der Waals surface area contributed by atoms with Gasteiger partial charge in [-0.25, -0.2) is 12.7 Å². The van der Waals surface area contributed by atoms with E-state index in [-0.39, 0.29) is 35.7 Å². The molecule has 28 heavy (non-hydrogen) atoms. The van der Waals surface area contributed by atoms with Crippen LogP contribution in [-0.2, 0) is 14.8 Å². The largest absolute Gasteiger partial charge is 0.361 e. The fraction of sp³-hybridized carbons (Fsp3) is 0.722. The van der Waals surface area contributed by atoms with E-state index in [9.17, 15) is 18.0 Å². The lowest BCUT2D eigenvalue weighted by Gasteiger charge is -2.47. The fourth-order valence-electron chi connectivity index (χ4n) is 5.29. The molecule has 1 spiro atoms. The minimum atomic E-state index is -3.33. The number of hydrogen-bond acceptors (Lipinski definition) is 6. The van der Waals surface area contributed by atoms with E-state index in [2.05, 4.69) is 5.16 Å². The summed E-state index contributed by atoms with van der Waals surface area (Å²) in [6, 6.07) is 1.63. The molecule has 3 aliphatic rings. The number of fused-ring (bicyclic) bond motifs is 2. The molecule has 0 radical (unpaired) electrons. The van der Waals surface area contributed by atoms with Crippen molar-refractivity contribution in [3.63, 3.8) is 0 Å². The second-order valence-corrected chi connectivity index (χ2v) is 10.1. The molecule has 1 aromatic heterocycles. The summed E-state index contributed by atoms with van der Waals surface area (Å²) in [5.74, 6) is 0.159. The number of sulfonamides is 1. The third kappa shape index (κ3) is 2.85. The highest BCUT2D eigenvalue weighted by molar-refractivity contribution is 7.88. The Morgan fingerprint density at radius 2 is 2.00 bits per heavy atom. The van der Waals surface area contributed by atoms with Crippen molar-refractivity contribution in [2.75, 3.05) is 39.0 Å². The summed E-state index contributed by atoms with van der Waals surface area (Å²) >= 11 is 0. The summed E-state index contributed by atoms with van der Waals surface area (Å²) in [7, 11) is -3.33. The molecule has 9 nitrogen and oxygen atoms in total. The second kappa shape index (κ2) is 6.55. The third-order valence-electron chi connectivity index (χ3n) is 6.65. The van der Waals surface area contributed by atoms with Gasteiger partial charge in [-0.05, 0) is 26.7 Å². The van der Waals surface area contributed by atoms with E-state index >= 15 is 0 Å². The van der Waals surface area contributed by atoms with Crippen LogP contribution in [0.5, 0.6) is 0 Å². The lowest BCUT2D eigenvalue weighted by Crippen LogP contribution is -2.58. The molecule has 0 aromatic carbocycles. The molecule has 0 saturated carbocycles. The molecule has 1 aromatic rings. The number of nitrogens with zero attached hydrogens (tertiary/aromatic N) is 4. The lowest BCUT2D eigenvalue weighted by molar-refractivity contribution is -0.134. The first-order valence-corrected chi connectivity index (χ1v) is 11.5. The highest BCUT2D eigenvalue weighted by atomic mass is 32.2. The van der Waals surface area contributed by atoms with Crippen molar-refractivity contribution in [1.29, 1.82) is 0 Å². The second-order valence-electron chi connectivity index (χ2n) is 8.09. The Labute approximate surface area is 164 Å². The monoisotopic (exact) mass is 410 g/mol. The normalized spacial score (nSPS) is 27.6. The molecular weight excluding hydrogens is 384 g/mol. The van der Waals surface area contributed by atoms with Gasteiger partial charge in [-0.2, -0.15) is 0 Å². The van der Waals surface area contributed by atoms with Crippen LogP contribution in [0.15, 0.2) is 10.6 Å². The van der Waals surface area contributed by atoms with Gasteiger partial charge in [0.2, 0.25) is 15.9 Å². The van der Waals surface area contributed by atoms with E-state index in [0.29, 0.717) is 50.5 Å². The van der Waals surface area contributed by atoms with E-state index in [0.717, 1.165) is 0 Å². The van der Waals surface area contributed by atoms with Crippen molar-refractivity contribution in [3.8, 4) is 0 Å². The van der Waals surface area contributed by atoms with E-state index < -0.39 is 10.0 Å². The molecule has 0 aliphatic carbocycles. The van der Waals surface area contributed by atoms with Gasteiger partial charge in [0.25, 0.3) is 5.91 Å². The Hall–Kier alpha value is -1.94. The summed E-state index contributed by atoms with van der Waals surface area (Å²) in [6.45, 7) is 5.97. The first-order chi connectivity index (χ1) is 13.2. The minimum Gasteiger partial charge on any atom is -0.361 e. The van der Waals surface area contributed by atoms with Crippen LogP contribution in [0.25, 0.3) is 0 Å². The van der Waals surface area contributed by atoms with Gasteiger partial charge in [-0.3, -0.25) is 9.59 Å². The van der Waals surface area contributed by atoms with Crippen LogP contribution in [0, 0.1) is 18.8 Å². The number of aryl methyl sites for hydroxylation is 1. The number of rotatable bonds is 3. The van der Waals surface area contributed by atoms with Gasteiger partial charge in [0.1, 0.15) is 5.76 Å². The van der Waals surface area contributed by atoms with Crippen LogP contribution in [0.1, 0.15) is 36.0 Å². The number of carbonyl (C=O) groups excluding carboxylic acids is 2. The molecule has 2 amide bonds. The molecule has 154 valence electrons. The molecule has 4 heterocycles. The van der Waals surface area contributed by atoms with Crippen molar-refractivity contribution in [3.05, 3.63) is 17.5 Å². The lowest BCUT2D eigenvalue weighted by atomic mass is 9.75. The Morgan fingerprint density at radius 3 is 2.54 bits per heavy atom. The average Bonchev–Trinajstić information content (AvgIpc) is 3.32. The maximum absolute atomic E-state index is 13.0. The molecular formula is C18H26N4O5S. The third-order valence-corrected chi connectivity index (χ3v) is 7.88. The molecule has 3 saturated heterocycles. The van der Waals surface area contributed by atoms with Gasteiger partial charge in [0, 0.05) is 44.7 Å². The van der Waals surface area contributed by atoms with E-state index in [1.807, 2.05) is 11.8 Å². The molecule has 0 unspecified atom stereocenters. The van der Waals surface area contributed by atoms with E-state index in [1.165, 1.54) is 10.6 Å². The predicted octanol–water partition coefficient (Wildman–Crippen LogP) is 0.328. The van der Waals surface area contributed by atoms with Crippen LogP contribution in [0.3, 0.4) is 0 Å². The van der Waals surface area contributed by atoms with Crippen molar-refractivity contribution >= 4 is 21.8 Å². The predicted molar refractivity (Wildman–Crippen MR) is 99.9 cm³/mol. The van der Waals surface area contributed by atoms with Crippen molar-refractivity contribution in [2.24, 2.45) is 11.8 Å². The van der Waals surface area contributed by atoms with Crippen LogP contribution in [0.4, 0.5) is 0 Å². The fourth-order valence-corrected chi connectivity index (χ4v) is 6.15. The quantitative estimate of drug-likeness (QED) is 0.711. The Kier molecular flexibility index (Phi) is 4.53. The van der Waals surface area contributed by atoms with Crippen LogP contribution in [0.2, 0.25) is 0 Å². The standard InChI is InChI=1S/C18H26N4O5S/c1-4-22-16(23)13-10-21(28(3,25)26)11-14(13)18(22)5-7-20(8-6-18)17(24)15-9-12(2)27-19-15/h9,13-14H,4-8,10-11H2,1-3H3/t13-,14+/m0/s1. The maximum atomic E-state index is 13.0. The highest BCUT2D eigenvalue weighted by Crippen LogP contribution is 2.50. The summed E-state index contributed by atoms with van der Waals surface area (Å²) in [5.41, 5.74) is -0.0859. The molecule has 3 fully saturated rings. The number of likely N-dealkylation sites (tertiary alicyclic amines) is 2. The van der Waals surface area contributed by atoms with Gasteiger partial charge < -0.3 is 14.3 Å². The Bertz CT molecular complexity index is 903. The molecule has 10 heteroatoms. The smallest absolute Gasteiger partial charge is 0.276 e. The summed E-state index contributed by atoms with van der Waals surface area (Å²) in [4.78, 5) is 29.4. The van der Waals surface area contributed by atoms with Crippen LogP contribution >= 0.6 is 0 Å². The van der Waals surface area contributed by atoms with Crippen molar-refractivity contribution in [2.45, 2.75) is 32.2 Å². The molecule has 4 rings (SSSR count). The van der Waals surface area contributed by atoms with Crippen LogP contribution < -0.4 is 0 Å². The van der Waals surface area contributed by atoms with Crippen molar-refractivity contribution in [1.82, 2.24) is 19.3 Å². The maximum Gasteiger partial charge on any atom is 0.276 e. The van der Waals surface area contributed by atoms with Gasteiger partial charge >= 0.3 is 0 Å². The van der Waals surface area contributed by atoms with Gasteiger partial charge in [-0.1, -0.05) is 5.16 Å². The number of piperidine rings is 1. The van der Waals surface area contributed by atoms with Gasteiger partial charge in [0.05, 0.1) is 17.7 Å². The minimum absolute atomic E-state index is 0.0266. The molecule has 0 N–H and O–H groups in total. The topological polar surface area (TPSA) is 104 Å². The first kappa shape index (κ1) is 19.4. The van der Waals surface area contributed by atoms with Gasteiger partial charge in [0.15, 0.2) is 5.69 Å². The van der Waals surface area contributed by atoms with Crippen LogP contribution in [-0.4, -0.2) is 84.0 Å². The van der Waals surface area contributed by atoms with Crippen molar-refractivity contribution < 1.29 is 22.5 Å². The number of amides is 2. The zero-order valence-corrected chi connectivity index (χ0v) is 17.2. The van der Waals surface area contributed by atoms with E-state index in [4.69, 9.17) is 4.52 Å². The van der Waals surface area contributed by atoms with Gasteiger partial charge in [-0.15, -0.1) is 0 Å². The number of aromatic nitrogens is 1. The SMILES string of the molecule is CCN1C(=O)[C@H]2CN(S(C)(=O)=O)C[C@H]2C12CCN(C(=O)c1cc(C)on1)CC2. The number of carbonyl (C=O) groups is 2. The summed E-state index contributed by atoms with van der Waals surface area (Å²) in [5, 5.41) is 3.81. The molecule has 2 atom stereocenters. The Balaban J connectivity index is 1.55. The summed E-state index contributed by atoms with van der Waals surface area (Å²) < 4.78 is 30.5. The Morgan fingerprint density at radius 1 is 1.32 bits per heavy atom. The first-order valence-electron chi connectivity index (χ1n) is 9.66. The zero-order valence-electron chi connectivity index (χ0n) is 16.4. The zero-order chi connectivity index (χ0) is 20.3. The average molecular weight is 410 g/mol. The molecule has 3 aliphatic heterocycles.